The molecule has 29 heavy (non-hydrogen) atoms. The Morgan fingerprint density at radius 3 is 1.28 bits per heavy atom. The first-order chi connectivity index (χ1) is 13.8. The fourth-order valence-electron chi connectivity index (χ4n) is 2.21. The minimum Gasteiger partial charge on any atom is -0.329 e. The zero-order valence-corrected chi connectivity index (χ0v) is 17.7. The molecular weight excluding hydrogens is 414 g/mol. The summed E-state index contributed by atoms with van der Waals surface area (Å²) in [5.74, 6) is 0. The van der Waals surface area contributed by atoms with Crippen LogP contribution in [-0.4, -0.2) is 99.9 Å². The highest BCUT2D eigenvalue weighted by Crippen LogP contribution is 2.26. The van der Waals surface area contributed by atoms with E-state index in [4.69, 9.17) is 17.2 Å². The number of alkyl halides is 4. The number of hydrogen-bond acceptors (Lipinski definition) is 10. The molecular formula is C14H37F4N9OSi. The Balaban J connectivity index is 5.07. The van der Waals surface area contributed by atoms with Gasteiger partial charge in [-0.2, -0.15) is 8.78 Å². The summed E-state index contributed by atoms with van der Waals surface area (Å²) in [7, 11) is -3.87. The second-order valence-electron chi connectivity index (χ2n) is 6.04. The molecule has 0 heterocycles. The number of halogens is 4. The van der Waals surface area contributed by atoms with Gasteiger partial charge in [0.05, 0.1) is 0 Å². The largest absolute Gasteiger partial charge is 0.444 e. The average Bonchev–Trinajstić information content (AvgIpc) is 2.67. The number of nitrogens with two attached hydrogens (primary N) is 3. The predicted molar refractivity (Wildman–Crippen MR) is 108 cm³/mol. The van der Waals surface area contributed by atoms with Crippen molar-refractivity contribution < 1.29 is 22.0 Å². The lowest BCUT2D eigenvalue weighted by atomic mass is 10.6. The second-order valence-corrected chi connectivity index (χ2v) is 8.67. The highest BCUT2D eigenvalue weighted by Gasteiger charge is 2.52. The van der Waals surface area contributed by atoms with Crippen molar-refractivity contribution in [3.63, 3.8) is 0 Å². The molecule has 0 aromatic heterocycles. The van der Waals surface area contributed by atoms with Gasteiger partial charge in [0.2, 0.25) is 0 Å². The van der Waals surface area contributed by atoms with Crippen LogP contribution in [0.5, 0.6) is 0 Å². The number of hydrogen-bond donors (Lipinski definition) is 9. The molecule has 0 unspecified atom stereocenters. The monoisotopic (exact) mass is 451 g/mol. The van der Waals surface area contributed by atoms with E-state index in [0.717, 1.165) is 0 Å². The maximum Gasteiger partial charge on any atom is 0.444 e. The van der Waals surface area contributed by atoms with Gasteiger partial charge in [-0.05, 0) is 0 Å². The van der Waals surface area contributed by atoms with E-state index < -0.39 is 21.3 Å². The Hall–Kier alpha value is -0.463. The van der Waals surface area contributed by atoms with Crippen molar-refractivity contribution in [3.8, 4) is 0 Å². The molecule has 0 aliphatic rings. The Morgan fingerprint density at radius 1 is 0.655 bits per heavy atom. The lowest BCUT2D eigenvalue weighted by molar-refractivity contribution is -0.262. The topological polar surface area (TPSA) is 159 Å². The van der Waals surface area contributed by atoms with Crippen LogP contribution in [0, 0.1) is 0 Å². The summed E-state index contributed by atoms with van der Waals surface area (Å²) in [6, 6.07) is 0. The lowest BCUT2D eigenvalue weighted by Crippen LogP contribution is -2.77. The zero-order valence-electron chi connectivity index (χ0n) is 16.7. The Bertz CT molecular complexity index is 353. The molecule has 0 aromatic rings. The number of rotatable bonds is 21. The van der Waals surface area contributed by atoms with Gasteiger partial charge in [0.1, 0.15) is 0 Å². The number of nitrogens with one attached hydrogen (secondary N) is 6. The van der Waals surface area contributed by atoms with Crippen LogP contribution in [-0.2, 0) is 4.43 Å². The van der Waals surface area contributed by atoms with E-state index in [-0.39, 0.29) is 19.6 Å². The van der Waals surface area contributed by atoms with E-state index in [0.29, 0.717) is 58.9 Å². The van der Waals surface area contributed by atoms with Crippen molar-refractivity contribution in [2.45, 2.75) is 12.5 Å². The van der Waals surface area contributed by atoms with Crippen molar-refractivity contribution in [1.82, 2.24) is 30.9 Å². The van der Waals surface area contributed by atoms with Crippen molar-refractivity contribution in [2.24, 2.45) is 17.2 Å². The average molecular weight is 452 g/mol. The second kappa shape index (κ2) is 17.2. The fourth-order valence-corrected chi connectivity index (χ4v) is 4.73. The van der Waals surface area contributed by atoms with Crippen molar-refractivity contribution >= 4 is 8.80 Å². The molecule has 0 bridgehead atoms. The summed E-state index contributed by atoms with van der Waals surface area (Å²) in [6.07, 6.45) is -8.57. The minimum absolute atomic E-state index is 0.206. The van der Waals surface area contributed by atoms with Crippen molar-refractivity contribution in [2.75, 3.05) is 78.5 Å². The van der Waals surface area contributed by atoms with E-state index >= 15 is 0 Å². The van der Waals surface area contributed by atoms with Gasteiger partial charge in [-0.15, -0.1) is 0 Å². The highest BCUT2D eigenvalue weighted by molar-refractivity contribution is 6.66. The normalized spacial score (nSPS) is 12.8. The summed E-state index contributed by atoms with van der Waals surface area (Å²) < 4.78 is 57.8. The van der Waals surface area contributed by atoms with Crippen LogP contribution in [0.2, 0.25) is 0 Å². The van der Waals surface area contributed by atoms with E-state index in [1.165, 1.54) is 0 Å². The van der Waals surface area contributed by atoms with Gasteiger partial charge >= 0.3 is 21.3 Å². The van der Waals surface area contributed by atoms with E-state index in [1.54, 1.807) is 0 Å². The molecule has 10 nitrogen and oxygen atoms in total. The standard InChI is InChI=1S/C14H37F4N9OSi/c15-13(16)14(17,18)28-29(25-10-7-22-4-1-19,26-11-8-23-5-2-20)27-12-9-24-6-3-21/h13,22-27H,1-12,19-21H2. The van der Waals surface area contributed by atoms with Gasteiger partial charge in [0, 0.05) is 78.5 Å². The molecule has 176 valence electrons. The maximum absolute atomic E-state index is 13.8. The van der Waals surface area contributed by atoms with E-state index in [2.05, 4.69) is 35.3 Å². The van der Waals surface area contributed by atoms with Crippen molar-refractivity contribution in [1.29, 1.82) is 0 Å². The Morgan fingerprint density at radius 2 is 1.00 bits per heavy atom. The SMILES string of the molecule is NCCNCCN[Si](NCCNCCN)(NCCNCCN)OC(F)(F)C(F)F. The predicted octanol–water partition coefficient (Wildman–Crippen LogP) is -3.29. The first-order valence-corrected chi connectivity index (χ1v) is 11.6. The molecule has 0 saturated carbocycles. The molecule has 0 radical (unpaired) electrons. The molecule has 12 N–H and O–H groups in total. The molecule has 0 aliphatic carbocycles. The van der Waals surface area contributed by atoms with E-state index in [1.807, 2.05) is 0 Å². The first kappa shape index (κ1) is 28.5. The summed E-state index contributed by atoms with van der Waals surface area (Å²) >= 11 is 0. The zero-order chi connectivity index (χ0) is 22.0. The Kier molecular flexibility index (Phi) is 17.0. The van der Waals surface area contributed by atoms with Crippen LogP contribution >= 0.6 is 0 Å². The molecule has 0 aromatic carbocycles. The van der Waals surface area contributed by atoms with Gasteiger partial charge in [-0.25, -0.2) is 8.78 Å². The fraction of sp³-hybridized carbons (Fsp3) is 1.00. The van der Waals surface area contributed by atoms with Gasteiger partial charge < -0.3 is 37.6 Å². The van der Waals surface area contributed by atoms with Gasteiger partial charge in [-0.3, -0.25) is 14.9 Å². The van der Waals surface area contributed by atoms with Gasteiger partial charge in [0.25, 0.3) is 0 Å². The molecule has 0 amide bonds. The highest BCUT2D eigenvalue weighted by atomic mass is 28.4. The van der Waals surface area contributed by atoms with Crippen LogP contribution < -0.4 is 48.1 Å². The maximum atomic E-state index is 13.8. The molecule has 0 spiro atoms. The van der Waals surface area contributed by atoms with Gasteiger partial charge in [0.15, 0.2) is 0 Å². The quantitative estimate of drug-likeness (QED) is 0.0492. The Labute approximate surface area is 170 Å². The van der Waals surface area contributed by atoms with Gasteiger partial charge in [-0.1, -0.05) is 0 Å². The molecule has 0 rings (SSSR count). The summed E-state index contributed by atoms with van der Waals surface area (Å²) in [5.41, 5.74) is 16.2. The molecule has 0 aliphatic heterocycles. The summed E-state index contributed by atoms with van der Waals surface area (Å²) in [5, 5.41) is 8.99. The van der Waals surface area contributed by atoms with Crippen LogP contribution in [0.25, 0.3) is 0 Å². The van der Waals surface area contributed by atoms with Crippen LogP contribution in [0.4, 0.5) is 17.6 Å². The third-order valence-corrected chi connectivity index (χ3v) is 6.36. The third kappa shape index (κ3) is 14.2. The van der Waals surface area contributed by atoms with Crippen molar-refractivity contribution in [3.05, 3.63) is 0 Å². The lowest BCUT2D eigenvalue weighted by Gasteiger charge is -2.35. The molecule has 0 atom stereocenters. The van der Waals surface area contributed by atoms with Crippen LogP contribution in [0.1, 0.15) is 0 Å². The smallest absolute Gasteiger partial charge is 0.329 e. The first-order valence-electron chi connectivity index (χ1n) is 9.67. The van der Waals surface area contributed by atoms with E-state index in [9.17, 15) is 17.6 Å². The summed E-state index contributed by atoms with van der Waals surface area (Å²) in [4.78, 5) is 8.57. The molecule has 0 saturated heterocycles. The minimum atomic E-state index is -4.61. The third-order valence-electron chi connectivity index (χ3n) is 3.53. The molecule has 15 heteroatoms. The van der Waals surface area contributed by atoms with Crippen LogP contribution in [0.15, 0.2) is 0 Å². The van der Waals surface area contributed by atoms with Crippen LogP contribution in [0.3, 0.4) is 0 Å². The summed E-state index contributed by atoms with van der Waals surface area (Å²) in [6.45, 7) is 4.68. The molecule has 0 fully saturated rings.